The molecule has 0 amide bonds. The van der Waals surface area contributed by atoms with Crippen LogP contribution in [0, 0.1) is 5.92 Å². The van der Waals surface area contributed by atoms with Gasteiger partial charge in [0.25, 0.3) is 0 Å². The molecular weight excluding hydrogens is 200 g/mol. The lowest BCUT2D eigenvalue weighted by molar-refractivity contribution is 0.0989. The van der Waals surface area contributed by atoms with Gasteiger partial charge in [-0.05, 0) is 38.6 Å². The Hall–Kier alpha value is -0.120. The lowest BCUT2D eigenvalue weighted by Gasteiger charge is -2.38. The molecule has 0 aromatic heterocycles. The zero-order chi connectivity index (χ0) is 11.6. The van der Waals surface area contributed by atoms with Crippen LogP contribution >= 0.6 is 0 Å². The summed E-state index contributed by atoms with van der Waals surface area (Å²) >= 11 is 0. The first-order valence-corrected chi connectivity index (χ1v) is 6.76. The summed E-state index contributed by atoms with van der Waals surface area (Å²) in [5.41, 5.74) is 5.98. The van der Waals surface area contributed by atoms with E-state index in [0.29, 0.717) is 12.0 Å². The van der Waals surface area contributed by atoms with Gasteiger partial charge in [-0.25, -0.2) is 0 Å². The van der Waals surface area contributed by atoms with Crippen LogP contribution in [0.15, 0.2) is 0 Å². The average molecular weight is 226 g/mol. The van der Waals surface area contributed by atoms with E-state index in [9.17, 15) is 5.11 Å². The van der Waals surface area contributed by atoms with Gasteiger partial charge in [0, 0.05) is 12.6 Å². The van der Waals surface area contributed by atoms with E-state index >= 15 is 0 Å². The summed E-state index contributed by atoms with van der Waals surface area (Å²) in [6, 6.07) is 0.696. The summed E-state index contributed by atoms with van der Waals surface area (Å²) in [6.45, 7) is 0.994. The Morgan fingerprint density at radius 2 is 1.81 bits per heavy atom. The highest BCUT2D eigenvalue weighted by Gasteiger charge is 2.43. The van der Waals surface area contributed by atoms with Crippen LogP contribution in [0.3, 0.4) is 0 Å². The quantitative estimate of drug-likeness (QED) is 0.744. The molecule has 0 heterocycles. The van der Waals surface area contributed by atoms with Gasteiger partial charge >= 0.3 is 0 Å². The first-order valence-electron chi connectivity index (χ1n) is 6.76. The average Bonchev–Trinajstić information content (AvgIpc) is 3.14. The van der Waals surface area contributed by atoms with E-state index in [1.54, 1.807) is 0 Å². The lowest BCUT2D eigenvalue weighted by atomic mass is 9.90. The highest BCUT2D eigenvalue weighted by molar-refractivity contribution is 5.00. The minimum atomic E-state index is -0.341. The smallest absolute Gasteiger partial charge is 0.0626 e. The molecule has 94 valence electrons. The van der Waals surface area contributed by atoms with E-state index < -0.39 is 0 Å². The molecule has 1 unspecified atom stereocenters. The number of likely N-dealkylation sites (N-methyl/N-ethyl adjacent to an activating group) is 1. The molecule has 2 saturated carbocycles. The maximum absolute atomic E-state index is 9.49. The van der Waals surface area contributed by atoms with Crippen LogP contribution < -0.4 is 5.73 Å². The SMILES string of the molecule is CN(CC(N)(CO)C1CC1)C1CCCCC1. The zero-order valence-electron chi connectivity index (χ0n) is 10.5. The number of rotatable bonds is 5. The van der Waals surface area contributed by atoms with Crippen LogP contribution in [0.1, 0.15) is 44.9 Å². The Morgan fingerprint density at radius 1 is 1.19 bits per heavy atom. The first kappa shape index (κ1) is 12.3. The monoisotopic (exact) mass is 226 g/mol. The molecule has 0 spiro atoms. The van der Waals surface area contributed by atoms with E-state index in [0.717, 1.165) is 6.54 Å². The fourth-order valence-corrected chi connectivity index (χ4v) is 3.08. The van der Waals surface area contributed by atoms with E-state index in [1.807, 2.05) is 0 Å². The Bertz CT molecular complexity index is 224. The third kappa shape index (κ3) is 2.76. The van der Waals surface area contributed by atoms with Gasteiger partial charge in [-0.1, -0.05) is 19.3 Å². The highest BCUT2D eigenvalue weighted by atomic mass is 16.3. The maximum Gasteiger partial charge on any atom is 0.0626 e. The van der Waals surface area contributed by atoms with Crippen molar-refractivity contribution < 1.29 is 5.11 Å². The van der Waals surface area contributed by atoms with Crippen molar-refractivity contribution in [2.24, 2.45) is 11.7 Å². The molecule has 2 rings (SSSR count). The van der Waals surface area contributed by atoms with Gasteiger partial charge in [0.05, 0.1) is 12.1 Å². The van der Waals surface area contributed by atoms with Crippen LogP contribution in [-0.4, -0.2) is 41.8 Å². The molecule has 0 radical (unpaired) electrons. The molecule has 3 N–H and O–H groups in total. The second-order valence-corrected chi connectivity index (χ2v) is 5.87. The summed E-state index contributed by atoms with van der Waals surface area (Å²) in [4.78, 5) is 2.40. The molecule has 16 heavy (non-hydrogen) atoms. The largest absolute Gasteiger partial charge is 0.394 e. The molecule has 3 heteroatoms. The van der Waals surface area contributed by atoms with E-state index in [1.165, 1.54) is 44.9 Å². The van der Waals surface area contributed by atoms with Crippen LogP contribution in [0.2, 0.25) is 0 Å². The molecule has 1 atom stereocenters. The van der Waals surface area contributed by atoms with Gasteiger partial charge in [0.2, 0.25) is 0 Å². The van der Waals surface area contributed by atoms with E-state index in [-0.39, 0.29) is 12.1 Å². The van der Waals surface area contributed by atoms with Gasteiger partial charge in [-0.2, -0.15) is 0 Å². The third-order valence-corrected chi connectivity index (χ3v) is 4.43. The topological polar surface area (TPSA) is 49.5 Å². The van der Waals surface area contributed by atoms with Crippen LogP contribution in [-0.2, 0) is 0 Å². The lowest BCUT2D eigenvalue weighted by Crippen LogP contribution is -2.56. The van der Waals surface area contributed by atoms with Crippen molar-refractivity contribution in [1.29, 1.82) is 0 Å². The number of nitrogens with two attached hydrogens (primary N) is 1. The second-order valence-electron chi connectivity index (χ2n) is 5.87. The number of aliphatic hydroxyl groups is 1. The predicted octanol–water partition coefficient (Wildman–Crippen LogP) is 1.35. The summed E-state index contributed by atoms with van der Waals surface area (Å²) in [5.74, 6) is 0.559. The number of nitrogens with zero attached hydrogens (tertiary/aromatic N) is 1. The van der Waals surface area contributed by atoms with Crippen molar-refractivity contribution in [3.05, 3.63) is 0 Å². The van der Waals surface area contributed by atoms with Crippen molar-refractivity contribution in [2.75, 3.05) is 20.2 Å². The van der Waals surface area contributed by atoms with E-state index in [2.05, 4.69) is 11.9 Å². The first-order chi connectivity index (χ1) is 7.65. The van der Waals surface area contributed by atoms with Gasteiger partial charge < -0.3 is 15.7 Å². The summed E-state index contributed by atoms with van der Waals surface area (Å²) in [5, 5.41) is 9.49. The second kappa shape index (κ2) is 5.03. The molecule has 0 saturated heterocycles. The molecule has 0 bridgehead atoms. The highest BCUT2D eigenvalue weighted by Crippen LogP contribution is 2.39. The third-order valence-electron chi connectivity index (χ3n) is 4.43. The summed E-state index contributed by atoms with van der Waals surface area (Å²) < 4.78 is 0. The standard InChI is InChI=1S/C13H26N2O/c1-15(12-5-3-2-4-6-12)9-13(14,10-16)11-7-8-11/h11-12,16H,2-10,14H2,1H3. The van der Waals surface area contributed by atoms with Crippen molar-refractivity contribution in [3.8, 4) is 0 Å². The normalized spacial score (nSPS) is 27.0. The minimum absolute atomic E-state index is 0.134. The van der Waals surface area contributed by atoms with E-state index in [4.69, 9.17) is 5.73 Å². The fraction of sp³-hybridized carbons (Fsp3) is 1.00. The van der Waals surface area contributed by atoms with Gasteiger partial charge in [-0.15, -0.1) is 0 Å². The molecule has 3 nitrogen and oxygen atoms in total. The van der Waals surface area contributed by atoms with Crippen molar-refractivity contribution >= 4 is 0 Å². The number of hydrogen-bond acceptors (Lipinski definition) is 3. The van der Waals surface area contributed by atoms with Crippen molar-refractivity contribution in [3.63, 3.8) is 0 Å². The van der Waals surface area contributed by atoms with Crippen LogP contribution in [0.4, 0.5) is 0 Å². The number of aliphatic hydroxyl groups excluding tert-OH is 1. The zero-order valence-corrected chi connectivity index (χ0v) is 10.5. The Labute approximate surface area is 99.0 Å². The Balaban J connectivity index is 1.86. The summed E-state index contributed by atoms with van der Waals surface area (Å²) in [7, 11) is 2.18. The molecule has 0 aromatic rings. The van der Waals surface area contributed by atoms with Crippen molar-refractivity contribution in [2.45, 2.75) is 56.5 Å². The molecule has 0 aromatic carbocycles. The summed E-state index contributed by atoms with van der Waals surface area (Å²) in [6.07, 6.45) is 9.13. The minimum Gasteiger partial charge on any atom is -0.394 e. The molecular formula is C13H26N2O. The maximum atomic E-state index is 9.49. The van der Waals surface area contributed by atoms with Gasteiger partial charge in [-0.3, -0.25) is 0 Å². The molecule has 0 aliphatic heterocycles. The number of hydrogen-bond donors (Lipinski definition) is 2. The predicted molar refractivity (Wildman–Crippen MR) is 66.2 cm³/mol. The van der Waals surface area contributed by atoms with Crippen LogP contribution in [0.5, 0.6) is 0 Å². The molecule has 2 aliphatic rings. The molecule has 2 aliphatic carbocycles. The van der Waals surface area contributed by atoms with Crippen molar-refractivity contribution in [1.82, 2.24) is 4.90 Å². The van der Waals surface area contributed by atoms with Crippen LogP contribution in [0.25, 0.3) is 0 Å². The fourth-order valence-electron chi connectivity index (χ4n) is 3.08. The molecule has 2 fully saturated rings. The Kier molecular flexibility index (Phi) is 3.88. The van der Waals surface area contributed by atoms with Gasteiger partial charge in [0.15, 0.2) is 0 Å². The Morgan fingerprint density at radius 3 is 2.31 bits per heavy atom. The van der Waals surface area contributed by atoms with Gasteiger partial charge in [0.1, 0.15) is 0 Å².